The lowest BCUT2D eigenvalue weighted by atomic mass is 10.1. The molecule has 0 spiro atoms. The Morgan fingerprint density at radius 3 is 2.80 bits per heavy atom. The third-order valence-corrected chi connectivity index (χ3v) is 2.56. The topological polar surface area (TPSA) is 76.2 Å². The normalized spacial score (nSPS) is 11.1. The summed E-state index contributed by atoms with van der Waals surface area (Å²) in [6.07, 6.45) is 4.86. The quantitative estimate of drug-likeness (QED) is 0.843. The molecule has 0 aliphatic rings. The van der Waals surface area contributed by atoms with Crippen molar-refractivity contribution in [1.82, 2.24) is 10.1 Å². The second kappa shape index (κ2) is 5.79. The predicted octanol–water partition coefficient (Wildman–Crippen LogP) is 3.19. The Morgan fingerprint density at radius 1 is 1.35 bits per heavy atom. The Hall–Kier alpha value is -2.95. The van der Waals surface area contributed by atoms with E-state index in [-0.39, 0.29) is 5.56 Å². The molecular formula is C15H12N2O3. The first kappa shape index (κ1) is 13.5. The molecule has 1 heterocycles. The van der Waals surface area contributed by atoms with E-state index in [9.17, 15) is 4.79 Å². The SMILES string of the molecule is C=C/C=C(\C=C)c1nc(-c2cccc(C(=O)O)c2)no1. The minimum atomic E-state index is -1.01. The number of nitrogens with zero attached hydrogens (tertiary/aromatic N) is 2. The molecule has 0 aliphatic carbocycles. The molecule has 0 amide bonds. The minimum absolute atomic E-state index is 0.166. The van der Waals surface area contributed by atoms with E-state index < -0.39 is 5.97 Å². The molecule has 0 unspecified atom stereocenters. The van der Waals surface area contributed by atoms with Gasteiger partial charge in [-0.05, 0) is 12.1 Å². The molecule has 0 bridgehead atoms. The predicted molar refractivity (Wildman–Crippen MR) is 75.1 cm³/mol. The number of hydrogen-bond acceptors (Lipinski definition) is 4. The second-order valence-corrected chi connectivity index (χ2v) is 3.87. The number of allylic oxidation sites excluding steroid dienone is 4. The van der Waals surface area contributed by atoms with E-state index in [0.717, 1.165) is 0 Å². The first-order chi connectivity index (χ1) is 9.65. The van der Waals surface area contributed by atoms with Crippen molar-refractivity contribution in [3.63, 3.8) is 0 Å². The standard InChI is InChI=1S/C15H12N2O3/c1-3-6-10(4-2)14-16-13(17-20-14)11-7-5-8-12(9-11)15(18)19/h3-9H,1-2H2,(H,18,19)/b10-6+. The molecule has 0 saturated carbocycles. The van der Waals surface area contributed by atoms with Crippen LogP contribution in [0.2, 0.25) is 0 Å². The van der Waals surface area contributed by atoms with Crippen LogP contribution in [0.1, 0.15) is 16.2 Å². The summed E-state index contributed by atoms with van der Waals surface area (Å²) >= 11 is 0. The summed E-state index contributed by atoms with van der Waals surface area (Å²) in [7, 11) is 0. The fourth-order valence-electron chi connectivity index (χ4n) is 1.60. The van der Waals surface area contributed by atoms with E-state index in [1.165, 1.54) is 12.1 Å². The summed E-state index contributed by atoms with van der Waals surface area (Å²) in [5.41, 5.74) is 1.38. The smallest absolute Gasteiger partial charge is 0.335 e. The first-order valence-electron chi connectivity index (χ1n) is 5.78. The Morgan fingerprint density at radius 2 is 2.15 bits per heavy atom. The molecule has 1 N–H and O–H groups in total. The van der Waals surface area contributed by atoms with Crippen LogP contribution in [0.25, 0.3) is 17.0 Å². The van der Waals surface area contributed by atoms with E-state index in [2.05, 4.69) is 23.3 Å². The molecule has 2 rings (SSSR count). The molecule has 1 aromatic carbocycles. The summed E-state index contributed by atoms with van der Waals surface area (Å²) in [5, 5.41) is 12.8. The van der Waals surface area contributed by atoms with Crippen LogP contribution in [0.15, 0.2) is 60.2 Å². The largest absolute Gasteiger partial charge is 0.478 e. The van der Waals surface area contributed by atoms with Gasteiger partial charge in [0.25, 0.3) is 5.89 Å². The molecule has 0 fully saturated rings. The third-order valence-electron chi connectivity index (χ3n) is 2.56. The summed E-state index contributed by atoms with van der Waals surface area (Å²) in [6, 6.07) is 6.33. The van der Waals surface area contributed by atoms with E-state index in [4.69, 9.17) is 9.63 Å². The third kappa shape index (κ3) is 2.72. The fourth-order valence-corrected chi connectivity index (χ4v) is 1.60. The van der Waals surface area contributed by atoms with Crippen LogP contribution in [0.4, 0.5) is 0 Å². The molecule has 2 aromatic rings. The van der Waals surface area contributed by atoms with Crippen molar-refractivity contribution in [1.29, 1.82) is 0 Å². The van der Waals surface area contributed by atoms with Crippen molar-refractivity contribution < 1.29 is 14.4 Å². The van der Waals surface area contributed by atoms with Gasteiger partial charge in [-0.2, -0.15) is 4.98 Å². The molecule has 0 saturated heterocycles. The lowest BCUT2D eigenvalue weighted by molar-refractivity contribution is 0.0697. The number of aromatic carboxylic acids is 1. The Balaban J connectivity index is 2.40. The van der Waals surface area contributed by atoms with Gasteiger partial charge in [0.2, 0.25) is 5.82 Å². The Bertz CT molecular complexity index is 699. The zero-order valence-corrected chi connectivity index (χ0v) is 10.6. The van der Waals surface area contributed by atoms with Crippen molar-refractivity contribution >= 4 is 11.5 Å². The number of hydrogen-bond donors (Lipinski definition) is 1. The highest BCUT2D eigenvalue weighted by Gasteiger charge is 2.12. The lowest BCUT2D eigenvalue weighted by Crippen LogP contribution is -1.96. The highest BCUT2D eigenvalue weighted by molar-refractivity contribution is 5.89. The van der Waals surface area contributed by atoms with Gasteiger partial charge >= 0.3 is 5.97 Å². The van der Waals surface area contributed by atoms with Gasteiger partial charge in [-0.15, -0.1) is 0 Å². The van der Waals surface area contributed by atoms with Crippen LogP contribution >= 0.6 is 0 Å². The van der Waals surface area contributed by atoms with Crippen molar-refractivity contribution in [2.24, 2.45) is 0 Å². The van der Waals surface area contributed by atoms with Gasteiger partial charge in [-0.3, -0.25) is 0 Å². The van der Waals surface area contributed by atoms with Crippen molar-refractivity contribution in [2.75, 3.05) is 0 Å². The van der Waals surface area contributed by atoms with Gasteiger partial charge in [0.05, 0.1) is 5.56 Å². The van der Waals surface area contributed by atoms with Crippen LogP contribution in [0, 0.1) is 0 Å². The van der Waals surface area contributed by atoms with E-state index in [0.29, 0.717) is 22.9 Å². The molecule has 100 valence electrons. The highest BCUT2D eigenvalue weighted by Crippen LogP contribution is 2.21. The Labute approximate surface area is 115 Å². The molecule has 0 radical (unpaired) electrons. The van der Waals surface area contributed by atoms with E-state index in [1.54, 1.807) is 30.4 Å². The maximum atomic E-state index is 10.9. The summed E-state index contributed by atoms with van der Waals surface area (Å²) < 4.78 is 5.13. The molecule has 20 heavy (non-hydrogen) atoms. The van der Waals surface area contributed by atoms with Gasteiger partial charge < -0.3 is 9.63 Å². The van der Waals surface area contributed by atoms with Gasteiger partial charge in [0, 0.05) is 11.1 Å². The molecule has 5 nitrogen and oxygen atoms in total. The van der Waals surface area contributed by atoms with Gasteiger partial charge in [0.1, 0.15) is 0 Å². The van der Waals surface area contributed by atoms with Gasteiger partial charge in [-0.25, -0.2) is 4.79 Å². The van der Waals surface area contributed by atoms with Crippen LogP contribution in [0.3, 0.4) is 0 Å². The van der Waals surface area contributed by atoms with Crippen LogP contribution in [0.5, 0.6) is 0 Å². The zero-order chi connectivity index (χ0) is 14.5. The average molecular weight is 268 g/mol. The maximum absolute atomic E-state index is 10.9. The van der Waals surface area contributed by atoms with Gasteiger partial charge in [0.15, 0.2) is 0 Å². The fraction of sp³-hybridized carbons (Fsp3) is 0. The summed E-state index contributed by atoms with van der Waals surface area (Å²) in [6.45, 7) is 7.24. The van der Waals surface area contributed by atoms with Gasteiger partial charge in [-0.1, -0.05) is 48.7 Å². The number of carbonyl (C=O) groups is 1. The second-order valence-electron chi connectivity index (χ2n) is 3.87. The average Bonchev–Trinajstić information content (AvgIpc) is 2.94. The minimum Gasteiger partial charge on any atom is -0.478 e. The van der Waals surface area contributed by atoms with Crippen LogP contribution < -0.4 is 0 Å². The lowest BCUT2D eigenvalue weighted by Gasteiger charge is -1.96. The zero-order valence-electron chi connectivity index (χ0n) is 10.6. The Kier molecular flexibility index (Phi) is 3.91. The van der Waals surface area contributed by atoms with Crippen LogP contribution in [-0.2, 0) is 0 Å². The van der Waals surface area contributed by atoms with E-state index in [1.807, 2.05) is 0 Å². The first-order valence-corrected chi connectivity index (χ1v) is 5.78. The van der Waals surface area contributed by atoms with Crippen molar-refractivity contribution in [2.45, 2.75) is 0 Å². The molecule has 0 aliphatic heterocycles. The monoisotopic (exact) mass is 268 g/mol. The number of carboxylic acids is 1. The van der Waals surface area contributed by atoms with E-state index >= 15 is 0 Å². The molecule has 0 atom stereocenters. The summed E-state index contributed by atoms with van der Waals surface area (Å²) in [5.74, 6) is -0.385. The van der Waals surface area contributed by atoms with Crippen molar-refractivity contribution in [3.05, 3.63) is 67.1 Å². The number of aromatic nitrogens is 2. The van der Waals surface area contributed by atoms with Crippen LogP contribution in [-0.4, -0.2) is 21.2 Å². The molecule has 1 aromatic heterocycles. The molecule has 5 heteroatoms. The molecular weight excluding hydrogens is 256 g/mol. The summed E-state index contributed by atoms with van der Waals surface area (Å²) in [4.78, 5) is 15.1. The number of benzene rings is 1. The number of carboxylic acid groups (broad SMARTS) is 1. The number of rotatable bonds is 5. The highest BCUT2D eigenvalue weighted by atomic mass is 16.5. The maximum Gasteiger partial charge on any atom is 0.335 e. The van der Waals surface area contributed by atoms with Crippen molar-refractivity contribution in [3.8, 4) is 11.4 Å².